The van der Waals surface area contributed by atoms with E-state index >= 15 is 0 Å². The summed E-state index contributed by atoms with van der Waals surface area (Å²) < 4.78 is 80.1. The number of benzene rings is 4. The maximum absolute atomic E-state index is 12.3. The fourth-order valence-corrected chi connectivity index (χ4v) is 13.0. The van der Waals surface area contributed by atoms with Crippen LogP contribution < -0.4 is 109 Å². The van der Waals surface area contributed by atoms with E-state index in [0.717, 1.165) is 62.1 Å². The molecule has 0 fully saturated rings. The summed E-state index contributed by atoms with van der Waals surface area (Å²) in [7, 11) is 9.46. The quantitative estimate of drug-likeness (QED) is 0.0159. The van der Waals surface area contributed by atoms with Gasteiger partial charge in [0.05, 0.1) is 95.5 Å². The number of amides is 4. The van der Waals surface area contributed by atoms with E-state index in [-0.39, 0.29) is 41.5 Å². The van der Waals surface area contributed by atoms with Crippen molar-refractivity contribution in [1.29, 1.82) is 0 Å². The molecule has 126 heavy (non-hydrogen) atoms. The molecular formula is C89H129N19O18. The van der Waals surface area contributed by atoms with Crippen molar-refractivity contribution in [3.63, 3.8) is 0 Å². The molecule has 8 rings (SSSR count). The van der Waals surface area contributed by atoms with E-state index < -0.39 is 0 Å². The van der Waals surface area contributed by atoms with Crippen molar-refractivity contribution in [2.24, 2.45) is 0 Å². The minimum Gasteiger partial charge on any atom is -0.493 e. The van der Waals surface area contributed by atoms with Gasteiger partial charge in [0.1, 0.15) is 29.1 Å². The Kier molecular flexibility index (Phi) is 45.0. The van der Waals surface area contributed by atoms with Crippen LogP contribution in [-0.2, 0) is 63.8 Å². The van der Waals surface area contributed by atoms with Gasteiger partial charge in [-0.05, 0) is 168 Å². The molecule has 37 heteroatoms. The van der Waals surface area contributed by atoms with Gasteiger partial charge in [-0.25, -0.2) is 24.9 Å². The molecule has 0 radical (unpaired) electrons. The zero-order chi connectivity index (χ0) is 90.8. The van der Waals surface area contributed by atoms with Gasteiger partial charge in [-0.1, -0.05) is 12.1 Å². The largest absolute Gasteiger partial charge is 0.493 e. The summed E-state index contributed by atoms with van der Waals surface area (Å²) in [6.07, 6.45) is 18.5. The lowest BCUT2D eigenvalue weighted by Gasteiger charge is -2.16. The van der Waals surface area contributed by atoms with Crippen molar-refractivity contribution in [1.82, 2.24) is 61.1 Å². The predicted molar refractivity (Wildman–Crippen MR) is 481 cm³/mol. The second kappa shape index (κ2) is 56.4. The molecule has 18 N–H and O–H groups in total. The molecule has 4 heterocycles. The average Bonchev–Trinajstić information content (AvgIpc) is 0.867. The third-order valence-corrected chi connectivity index (χ3v) is 19.5. The van der Waals surface area contributed by atoms with Gasteiger partial charge in [0, 0.05) is 151 Å². The molecule has 0 bridgehead atoms. The lowest BCUT2D eigenvalue weighted by Crippen LogP contribution is -2.26. The Bertz CT molecular complexity index is 4640. The van der Waals surface area contributed by atoms with Gasteiger partial charge in [0.15, 0.2) is 46.0 Å². The van der Waals surface area contributed by atoms with Crippen LogP contribution in [-0.4, -0.2) is 212 Å². The molecule has 0 aliphatic heterocycles. The summed E-state index contributed by atoms with van der Waals surface area (Å²) in [5, 5.41) is 11.7. The number of aryl methyl sites for hydroxylation is 3. The number of anilines is 7. The minimum atomic E-state index is -0.0212. The Morgan fingerprint density at radius 1 is 0.286 bits per heavy atom. The van der Waals surface area contributed by atoms with Gasteiger partial charge >= 0.3 is 0 Å². The molecule has 0 aliphatic carbocycles. The van der Waals surface area contributed by atoms with Gasteiger partial charge in [-0.15, -0.1) is 0 Å². The third-order valence-electron chi connectivity index (χ3n) is 19.5. The molecule has 4 aromatic heterocycles. The van der Waals surface area contributed by atoms with Crippen molar-refractivity contribution in [3.05, 3.63) is 135 Å². The number of unbranched alkanes of at least 4 members (excludes halogenated alkanes) is 4. The predicted octanol–water partition coefficient (Wildman–Crippen LogP) is 8.64. The van der Waals surface area contributed by atoms with E-state index in [9.17, 15) is 19.2 Å². The van der Waals surface area contributed by atoms with Gasteiger partial charge < -0.3 is 128 Å². The second-order valence-electron chi connectivity index (χ2n) is 29.5. The van der Waals surface area contributed by atoms with Gasteiger partial charge in [-0.3, -0.25) is 19.2 Å². The molecule has 37 nitrogen and oxygen atoms in total. The maximum Gasteiger partial charge on any atom is 0.221 e. The number of nitrogen functional groups attached to an aromatic ring is 7. The molecule has 0 saturated heterocycles. The lowest BCUT2D eigenvalue weighted by atomic mass is 10.0. The normalized spacial score (nSPS) is 10.9. The van der Waals surface area contributed by atoms with Gasteiger partial charge in [0.25, 0.3) is 0 Å². The van der Waals surface area contributed by atoms with E-state index in [1.54, 1.807) is 67.4 Å². The van der Waals surface area contributed by atoms with Crippen molar-refractivity contribution in [2.75, 3.05) is 188 Å². The minimum absolute atomic E-state index is 0.00430. The molecule has 4 aromatic carbocycles. The second-order valence-corrected chi connectivity index (χ2v) is 29.5. The molecule has 0 atom stereocenters. The van der Waals surface area contributed by atoms with Crippen LogP contribution in [0.3, 0.4) is 0 Å². The fourth-order valence-electron chi connectivity index (χ4n) is 13.0. The molecule has 688 valence electrons. The molecular weight excluding hydrogens is 1620 g/mol. The monoisotopic (exact) mass is 1750 g/mol. The number of aromatic nitrogens is 8. The third kappa shape index (κ3) is 36.4. The average molecular weight is 1750 g/mol. The van der Waals surface area contributed by atoms with Crippen LogP contribution in [0.15, 0.2) is 73.3 Å². The molecule has 4 amide bonds. The van der Waals surface area contributed by atoms with Crippen LogP contribution in [0.5, 0.6) is 57.5 Å². The summed E-state index contributed by atoms with van der Waals surface area (Å²) in [6.45, 7) is 13.5. The summed E-state index contributed by atoms with van der Waals surface area (Å²) in [4.78, 5) is 81.9. The Balaban J connectivity index is 0.000000347. The molecule has 0 unspecified atom stereocenters. The van der Waals surface area contributed by atoms with Crippen LogP contribution in [0.1, 0.15) is 164 Å². The number of rotatable bonds is 60. The molecule has 0 aliphatic rings. The number of carbonyl (C=O) groups is 4. The Morgan fingerprint density at radius 2 is 0.524 bits per heavy atom. The highest BCUT2D eigenvalue weighted by Crippen LogP contribution is 2.42. The summed E-state index contributed by atoms with van der Waals surface area (Å²) in [5.74, 6) is 8.12. The van der Waals surface area contributed by atoms with Crippen LogP contribution >= 0.6 is 0 Å². The zero-order valence-electron chi connectivity index (χ0n) is 74.4. The number of nitrogens with zero attached hydrogens (tertiary/aromatic N) is 8. The van der Waals surface area contributed by atoms with Crippen LogP contribution in [0.25, 0.3) is 0 Å². The number of ether oxygens (including phenoxy) is 14. The van der Waals surface area contributed by atoms with Crippen LogP contribution in [0, 0.1) is 20.8 Å². The number of hydrogen-bond acceptors (Lipinski definition) is 33. The molecule has 0 saturated carbocycles. The van der Waals surface area contributed by atoms with E-state index in [1.165, 1.54) is 0 Å². The molecule has 8 aromatic rings. The van der Waals surface area contributed by atoms with E-state index in [4.69, 9.17) is 106 Å². The topological polar surface area (TPSA) is 531 Å². The first-order chi connectivity index (χ1) is 61.0. The van der Waals surface area contributed by atoms with Gasteiger partial charge in [-0.2, -0.15) is 15.0 Å². The number of nitrogens with two attached hydrogens (primary N) is 7. The van der Waals surface area contributed by atoms with Gasteiger partial charge in [0.2, 0.25) is 53.0 Å². The first kappa shape index (κ1) is 101. The number of nitrogens with one attached hydrogen (secondary N) is 4. The summed E-state index contributed by atoms with van der Waals surface area (Å²) in [5.41, 5.74) is 49.7. The van der Waals surface area contributed by atoms with E-state index in [2.05, 4.69) is 67.2 Å². The van der Waals surface area contributed by atoms with Crippen LogP contribution in [0.4, 0.5) is 41.1 Å². The molecule has 0 spiro atoms. The number of methoxy groups -OCH3 is 6. The Labute approximate surface area is 737 Å². The summed E-state index contributed by atoms with van der Waals surface area (Å²) in [6, 6.07) is 15.3. The van der Waals surface area contributed by atoms with E-state index in [0.29, 0.717) is 314 Å². The van der Waals surface area contributed by atoms with Crippen molar-refractivity contribution < 1.29 is 85.5 Å². The Morgan fingerprint density at radius 3 is 0.794 bits per heavy atom. The lowest BCUT2D eigenvalue weighted by molar-refractivity contribution is -0.122. The number of carbonyl (C=O) groups excluding carboxylic acids is 4. The highest BCUT2D eigenvalue weighted by atomic mass is 16.6. The SMILES string of the molecule is COc1cc(Cc2cnc(C)nc2N)cc(C)c1OCCCCC(=O)NCCCOCCOCCOCCCNC(=O)CCCCOc1c(OC)cc(Cc2cnc(N)nc2N)cc1OC.COc1cc(Cc2cnc(N)nc2N)cc(C)c1OCCCCC(=O)NCCCOCCCNC(=O)CCCCOc1c(OC)cc(Cc2cnc(N)nc2N)cc1OC. The van der Waals surface area contributed by atoms with Crippen molar-refractivity contribution in [2.45, 2.75) is 149 Å². The van der Waals surface area contributed by atoms with Crippen LogP contribution in [0.2, 0.25) is 0 Å². The maximum atomic E-state index is 12.3. The summed E-state index contributed by atoms with van der Waals surface area (Å²) >= 11 is 0. The van der Waals surface area contributed by atoms with Crippen molar-refractivity contribution in [3.8, 4) is 57.5 Å². The smallest absolute Gasteiger partial charge is 0.221 e. The standard InChI is InChI=1S/C47H69N9O10.C42H60N10O8/c1-32-24-34(25-36-30-53-33(2)55-45(36)48)27-38(59-3)43(32)65-18-8-6-12-41(57)51-14-10-16-62-20-22-64-23-21-63-17-11-15-52-42(58)13-7-9-19-66-44-39(60-4)28-35(29-40(44)61-5)26-37-31-54-47(50)56-46(37)49;1-27-19-28(20-30-25-49-41(45)51-39(30)43)22-32(55-2)37(27)59-17-7-5-11-35(53)47-13-9-15-58-16-10-14-48-36(54)12-6-8-18-60-38-33(56-3)23-29(24-34(38)57-4)21-31-26-50-42(46)52-40(31)44/h24,27-31H,6-23,25-26H2,1-5H3,(H,51,57)(H,52,58)(H2,48,53,55)(H4,49,50,54,56);19,22-26H,5-18,20-21H2,1-4H3,(H,47,53)(H,48,54)(H4,43,45,49,51)(H4,44,46,50,52). The highest BCUT2D eigenvalue weighted by molar-refractivity contribution is 5.77. The Hall–Kier alpha value is -12.5. The zero-order valence-corrected chi connectivity index (χ0v) is 74.4. The van der Waals surface area contributed by atoms with Crippen molar-refractivity contribution >= 4 is 64.7 Å². The number of hydrogen-bond donors (Lipinski definition) is 11. The fraction of sp³-hybridized carbons (Fsp3) is 0.506. The highest BCUT2D eigenvalue weighted by Gasteiger charge is 2.21. The van der Waals surface area contributed by atoms with E-state index in [1.807, 2.05) is 63.2 Å². The first-order valence-corrected chi connectivity index (χ1v) is 42.4. The first-order valence-electron chi connectivity index (χ1n) is 42.4.